The van der Waals surface area contributed by atoms with Crippen molar-refractivity contribution in [2.45, 2.75) is 26.7 Å². The van der Waals surface area contributed by atoms with Gasteiger partial charge < -0.3 is 15.5 Å². The number of aliphatic carboxylic acids is 1. The molecule has 0 heterocycles. The summed E-state index contributed by atoms with van der Waals surface area (Å²) in [5.41, 5.74) is 1.33. The molecule has 0 spiro atoms. The average Bonchev–Trinajstić information content (AvgIpc) is 2.30. The Morgan fingerprint density at radius 3 is 2.35 bits per heavy atom. The molecule has 6 nitrogen and oxygen atoms in total. The highest BCUT2D eigenvalue weighted by molar-refractivity contribution is 5.93. The van der Waals surface area contributed by atoms with Gasteiger partial charge >= 0.3 is 11.9 Å². The van der Waals surface area contributed by atoms with Gasteiger partial charge in [-0.1, -0.05) is 6.92 Å². The molecule has 6 heteroatoms. The number of aromatic carboxylic acids is 1. The van der Waals surface area contributed by atoms with Crippen molar-refractivity contribution >= 4 is 23.5 Å². The number of aryl methyl sites for hydroxylation is 1. The van der Waals surface area contributed by atoms with Gasteiger partial charge in [0.15, 0.2) is 0 Å². The first-order chi connectivity index (χ1) is 9.29. The molecule has 0 radical (unpaired) electrons. The van der Waals surface area contributed by atoms with E-state index >= 15 is 0 Å². The first-order valence-electron chi connectivity index (χ1n) is 6.15. The third-order valence-corrected chi connectivity index (χ3v) is 2.80. The Hall–Kier alpha value is -2.37. The molecule has 0 aromatic heterocycles. The van der Waals surface area contributed by atoms with E-state index in [-0.39, 0.29) is 30.2 Å². The summed E-state index contributed by atoms with van der Waals surface area (Å²) in [6.45, 7) is 3.39. The van der Waals surface area contributed by atoms with Crippen LogP contribution in [0.4, 0.5) is 5.69 Å². The first kappa shape index (κ1) is 15.7. The predicted octanol–water partition coefficient (Wildman–Crippen LogP) is 2.13. The van der Waals surface area contributed by atoms with Crippen LogP contribution in [0.1, 0.15) is 35.7 Å². The monoisotopic (exact) mass is 279 g/mol. The summed E-state index contributed by atoms with van der Waals surface area (Å²) in [4.78, 5) is 33.1. The van der Waals surface area contributed by atoms with Crippen LogP contribution in [-0.2, 0) is 9.59 Å². The number of carbonyl (C=O) groups excluding carboxylic acids is 1. The van der Waals surface area contributed by atoms with Gasteiger partial charge in [-0.05, 0) is 36.6 Å². The summed E-state index contributed by atoms with van der Waals surface area (Å²) in [5, 5.41) is 20.1. The molecular weight excluding hydrogens is 262 g/mol. The van der Waals surface area contributed by atoms with Gasteiger partial charge in [-0.25, -0.2) is 4.79 Å². The summed E-state index contributed by atoms with van der Waals surface area (Å²) in [5.74, 6) is -2.51. The number of anilines is 1. The number of nitrogens with one attached hydrogen (secondary N) is 1. The highest BCUT2D eigenvalue weighted by Gasteiger charge is 2.14. The van der Waals surface area contributed by atoms with Crippen molar-refractivity contribution in [3.63, 3.8) is 0 Å². The molecule has 1 amide bonds. The van der Waals surface area contributed by atoms with E-state index in [4.69, 9.17) is 10.2 Å². The Balaban J connectivity index is 2.67. The van der Waals surface area contributed by atoms with Gasteiger partial charge in [-0.3, -0.25) is 9.59 Å². The van der Waals surface area contributed by atoms with E-state index < -0.39 is 11.9 Å². The minimum absolute atomic E-state index is 0.0651. The molecule has 1 rings (SSSR count). The molecule has 0 aliphatic heterocycles. The average molecular weight is 279 g/mol. The fraction of sp³-hybridized carbons (Fsp3) is 0.357. The van der Waals surface area contributed by atoms with E-state index in [1.807, 2.05) is 0 Å². The lowest BCUT2D eigenvalue weighted by Gasteiger charge is -2.11. The molecule has 1 aromatic rings. The van der Waals surface area contributed by atoms with Gasteiger partial charge in [0.25, 0.3) is 0 Å². The van der Waals surface area contributed by atoms with Crippen LogP contribution in [0.3, 0.4) is 0 Å². The van der Waals surface area contributed by atoms with Crippen LogP contribution in [-0.4, -0.2) is 28.1 Å². The van der Waals surface area contributed by atoms with E-state index in [1.54, 1.807) is 13.8 Å². The lowest BCUT2D eigenvalue weighted by atomic mass is 10.0. The topological polar surface area (TPSA) is 104 Å². The van der Waals surface area contributed by atoms with Gasteiger partial charge in [0.1, 0.15) is 0 Å². The Kier molecular flexibility index (Phi) is 5.25. The zero-order chi connectivity index (χ0) is 15.3. The van der Waals surface area contributed by atoms with E-state index in [9.17, 15) is 14.4 Å². The number of hydrogen-bond donors (Lipinski definition) is 3. The molecule has 1 aromatic carbocycles. The van der Waals surface area contributed by atoms with Crippen LogP contribution in [0.5, 0.6) is 0 Å². The normalized spacial score (nSPS) is 11.7. The second kappa shape index (κ2) is 6.70. The minimum Gasteiger partial charge on any atom is -0.481 e. The van der Waals surface area contributed by atoms with Crippen molar-refractivity contribution in [2.75, 3.05) is 5.32 Å². The quantitative estimate of drug-likeness (QED) is 0.740. The van der Waals surface area contributed by atoms with Crippen LogP contribution in [0.2, 0.25) is 0 Å². The molecule has 0 saturated heterocycles. The van der Waals surface area contributed by atoms with Crippen LogP contribution in [0.25, 0.3) is 0 Å². The predicted molar refractivity (Wildman–Crippen MR) is 72.8 cm³/mol. The molecule has 0 fully saturated rings. The highest BCUT2D eigenvalue weighted by atomic mass is 16.4. The van der Waals surface area contributed by atoms with Crippen molar-refractivity contribution < 1.29 is 24.6 Å². The zero-order valence-corrected chi connectivity index (χ0v) is 11.3. The smallest absolute Gasteiger partial charge is 0.335 e. The third kappa shape index (κ3) is 4.72. The van der Waals surface area contributed by atoms with Gasteiger partial charge in [0.05, 0.1) is 5.56 Å². The van der Waals surface area contributed by atoms with Gasteiger partial charge in [0.2, 0.25) is 5.91 Å². The standard InChI is InChI=1S/C14H17NO5/c1-8(6-13(17)18)5-12(16)15-11-4-3-10(14(19)20)7-9(11)2/h3-4,7-8H,5-6H2,1-2H3,(H,15,16)(H,17,18)(H,19,20). The molecule has 0 aliphatic carbocycles. The second-order valence-corrected chi connectivity index (χ2v) is 4.79. The van der Waals surface area contributed by atoms with Gasteiger partial charge in [-0.2, -0.15) is 0 Å². The maximum absolute atomic E-state index is 11.8. The summed E-state index contributed by atoms with van der Waals surface area (Å²) >= 11 is 0. The van der Waals surface area contributed by atoms with Crippen LogP contribution in [0, 0.1) is 12.8 Å². The lowest BCUT2D eigenvalue weighted by molar-refractivity contribution is -0.138. The number of rotatable bonds is 6. The summed E-state index contributed by atoms with van der Waals surface area (Å²) < 4.78 is 0. The maximum Gasteiger partial charge on any atom is 0.335 e. The van der Waals surface area contributed by atoms with Crippen LogP contribution >= 0.6 is 0 Å². The summed E-state index contributed by atoms with van der Waals surface area (Å²) in [6.07, 6.45) is 0.0385. The molecular formula is C14H17NO5. The number of benzene rings is 1. The first-order valence-corrected chi connectivity index (χ1v) is 6.15. The SMILES string of the molecule is Cc1cc(C(=O)O)ccc1NC(=O)CC(C)CC(=O)O. The Morgan fingerprint density at radius 2 is 1.85 bits per heavy atom. The number of carboxylic acids is 2. The van der Waals surface area contributed by atoms with Crippen molar-refractivity contribution in [1.82, 2.24) is 0 Å². The minimum atomic E-state index is -1.03. The van der Waals surface area contributed by atoms with Crippen molar-refractivity contribution in [1.29, 1.82) is 0 Å². The van der Waals surface area contributed by atoms with Crippen LogP contribution in [0.15, 0.2) is 18.2 Å². The second-order valence-electron chi connectivity index (χ2n) is 4.79. The molecule has 0 saturated carbocycles. The molecule has 20 heavy (non-hydrogen) atoms. The van der Waals surface area contributed by atoms with E-state index in [0.29, 0.717) is 11.3 Å². The number of carbonyl (C=O) groups is 3. The van der Waals surface area contributed by atoms with Gasteiger partial charge in [0, 0.05) is 18.5 Å². The molecule has 0 aliphatic rings. The molecule has 3 N–H and O–H groups in total. The summed E-state index contributed by atoms with van der Waals surface area (Å²) in [7, 11) is 0. The van der Waals surface area contributed by atoms with Gasteiger partial charge in [-0.15, -0.1) is 0 Å². The highest BCUT2D eigenvalue weighted by Crippen LogP contribution is 2.18. The number of carboxylic acid groups (broad SMARTS) is 2. The van der Waals surface area contributed by atoms with E-state index in [1.165, 1.54) is 18.2 Å². The van der Waals surface area contributed by atoms with Crippen LogP contribution < -0.4 is 5.32 Å². The van der Waals surface area contributed by atoms with Crippen molar-refractivity contribution in [3.05, 3.63) is 29.3 Å². The molecule has 1 atom stereocenters. The van der Waals surface area contributed by atoms with Crippen molar-refractivity contribution in [2.24, 2.45) is 5.92 Å². The number of amides is 1. The fourth-order valence-electron chi connectivity index (χ4n) is 1.82. The molecule has 1 unspecified atom stereocenters. The van der Waals surface area contributed by atoms with E-state index in [0.717, 1.165) is 0 Å². The lowest BCUT2D eigenvalue weighted by Crippen LogP contribution is -2.17. The largest absolute Gasteiger partial charge is 0.481 e. The fourth-order valence-corrected chi connectivity index (χ4v) is 1.82. The Bertz CT molecular complexity index is 538. The van der Waals surface area contributed by atoms with E-state index in [2.05, 4.69) is 5.32 Å². The zero-order valence-electron chi connectivity index (χ0n) is 11.3. The third-order valence-electron chi connectivity index (χ3n) is 2.80. The molecule has 0 bridgehead atoms. The maximum atomic E-state index is 11.8. The Morgan fingerprint density at radius 1 is 1.20 bits per heavy atom. The summed E-state index contributed by atoms with van der Waals surface area (Å²) in [6, 6.07) is 4.41. The molecule has 108 valence electrons. The van der Waals surface area contributed by atoms with Crippen molar-refractivity contribution in [3.8, 4) is 0 Å². The number of hydrogen-bond acceptors (Lipinski definition) is 3. The Labute approximate surface area is 116 Å².